The number of nitrogens with one attached hydrogen (secondary N) is 1. The minimum Gasteiger partial charge on any atom is -0.504 e. The number of hydrogen-bond acceptors (Lipinski definition) is 4. The summed E-state index contributed by atoms with van der Waals surface area (Å²) in [7, 11) is 0. The standard InChI is InChI=1S/C8H6N2O3/c9-4-10-8(13)5-1-2-6(11)7(12)3-5/h1-3,11-12H,(H,10,13). The summed E-state index contributed by atoms with van der Waals surface area (Å²) in [5, 5.41) is 27.9. The molecule has 5 nitrogen and oxygen atoms in total. The molecule has 0 atom stereocenters. The average Bonchev–Trinajstić information content (AvgIpc) is 2.10. The van der Waals surface area contributed by atoms with Crippen LogP contribution in [0.3, 0.4) is 0 Å². The van der Waals surface area contributed by atoms with Gasteiger partial charge in [-0.3, -0.25) is 10.1 Å². The van der Waals surface area contributed by atoms with E-state index in [2.05, 4.69) is 0 Å². The van der Waals surface area contributed by atoms with E-state index in [1.807, 2.05) is 5.32 Å². The van der Waals surface area contributed by atoms with Gasteiger partial charge in [0.15, 0.2) is 17.7 Å². The summed E-state index contributed by atoms with van der Waals surface area (Å²) < 4.78 is 0. The van der Waals surface area contributed by atoms with Crippen molar-refractivity contribution in [2.45, 2.75) is 0 Å². The molecular formula is C8H6N2O3. The lowest BCUT2D eigenvalue weighted by atomic mass is 10.2. The molecule has 3 N–H and O–H groups in total. The molecule has 5 heteroatoms. The van der Waals surface area contributed by atoms with Crippen molar-refractivity contribution < 1.29 is 15.0 Å². The molecular weight excluding hydrogens is 172 g/mol. The van der Waals surface area contributed by atoms with Gasteiger partial charge in [0.1, 0.15) is 0 Å². The van der Waals surface area contributed by atoms with Crippen molar-refractivity contribution in [3.8, 4) is 17.7 Å². The van der Waals surface area contributed by atoms with Gasteiger partial charge in [-0.05, 0) is 18.2 Å². The Morgan fingerprint density at radius 2 is 2.08 bits per heavy atom. The quantitative estimate of drug-likeness (QED) is 0.327. The fourth-order valence-electron chi connectivity index (χ4n) is 0.788. The molecule has 0 unspecified atom stereocenters. The van der Waals surface area contributed by atoms with E-state index >= 15 is 0 Å². The van der Waals surface area contributed by atoms with Crippen LogP contribution in [-0.2, 0) is 0 Å². The second-order valence-electron chi connectivity index (χ2n) is 2.27. The Kier molecular flexibility index (Phi) is 2.36. The van der Waals surface area contributed by atoms with Gasteiger partial charge in [0.2, 0.25) is 0 Å². The number of nitrogens with zero attached hydrogens (tertiary/aromatic N) is 1. The highest BCUT2D eigenvalue weighted by molar-refractivity contribution is 5.95. The molecule has 0 spiro atoms. The van der Waals surface area contributed by atoms with Crippen molar-refractivity contribution in [3.05, 3.63) is 23.8 Å². The Bertz CT molecular complexity index is 381. The van der Waals surface area contributed by atoms with Crippen molar-refractivity contribution >= 4 is 5.91 Å². The number of carbonyl (C=O) groups is 1. The summed E-state index contributed by atoms with van der Waals surface area (Å²) in [6, 6.07) is 3.53. The molecule has 1 amide bonds. The first-order valence-corrected chi connectivity index (χ1v) is 3.36. The van der Waals surface area contributed by atoms with Crippen LogP contribution >= 0.6 is 0 Å². The Morgan fingerprint density at radius 3 is 2.62 bits per heavy atom. The lowest BCUT2D eigenvalue weighted by Gasteiger charge is -2.00. The monoisotopic (exact) mass is 178 g/mol. The normalized spacial score (nSPS) is 8.85. The van der Waals surface area contributed by atoms with Crippen LogP contribution in [0.15, 0.2) is 18.2 Å². The minimum atomic E-state index is -0.627. The third-order valence-electron chi connectivity index (χ3n) is 1.41. The van der Waals surface area contributed by atoms with Crippen LogP contribution in [0.1, 0.15) is 10.4 Å². The van der Waals surface area contributed by atoms with Crippen LogP contribution in [0.4, 0.5) is 0 Å². The first-order chi connectivity index (χ1) is 6.15. The number of phenols is 2. The maximum Gasteiger partial charge on any atom is 0.264 e. The zero-order valence-electron chi connectivity index (χ0n) is 6.48. The van der Waals surface area contributed by atoms with E-state index in [-0.39, 0.29) is 11.3 Å². The van der Waals surface area contributed by atoms with E-state index in [1.54, 1.807) is 0 Å². The first kappa shape index (κ1) is 8.87. The van der Waals surface area contributed by atoms with Crippen LogP contribution < -0.4 is 5.32 Å². The van der Waals surface area contributed by atoms with Gasteiger partial charge in [-0.2, -0.15) is 5.26 Å². The molecule has 1 aromatic rings. The Balaban J connectivity index is 2.98. The molecule has 0 radical (unpaired) electrons. The summed E-state index contributed by atoms with van der Waals surface area (Å²) in [4.78, 5) is 11.0. The molecule has 0 aliphatic heterocycles. The largest absolute Gasteiger partial charge is 0.504 e. The Hall–Kier alpha value is -2.22. The molecule has 0 heterocycles. The van der Waals surface area contributed by atoms with Gasteiger partial charge < -0.3 is 10.2 Å². The van der Waals surface area contributed by atoms with Crippen molar-refractivity contribution in [2.24, 2.45) is 0 Å². The van der Waals surface area contributed by atoms with E-state index in [0.717, 1.165) is 6.07 Å². The van der Waals surface area contributed by atoms with E-state index in [0.29, 0.717) is 0 Å². The highest BCUT2D eigenvalue weighted by atomic mass is 16.3. The van der Waals surface area contributed by atoms with E-state index in [4.69, 9.17) is 15.5 Å². The van der Waals surface area contributed by atoms with Gasteiger partial charge in [-0.25, -0.2) is 0 Å². The number of carbonyl (C=O) groups excluding carboxylic acids is 1. The predicted octanol–water partition coefficient (Wildman–Crippen LogP) is 0.309. The molecule has 1 rings (SSSR count). The van der Waals surface area contributed by atoms with Crippen LogP contribution in [0.25, 0.3) is 0 Å². The van der Waals surface area contributed by atoms with Crippen LogP contribution in [0, 0.1) is 11.5 Å². The molecule has 0 aromatic heterocycles. The predicted molar refractivity (Wildman–Crippen MR) is 42.9 cm³/mol. The van der Waals surface area contributed by atoms with Gasteiger partial charge in [0, 0.05) is 5.56 Å². The molecule has 0 aliphatic rings. The van der Waals surface area contributed by atoms with Crippen molar-refractivity contribution in [3.63, 3.8) is 0 Å². The van der Waals surface area contributed by atoms with E-state index in [1.165, 1.54) is 18.3 Å². The summed E-state index contributed by atoms with van der Waals surface area (Å²) in [6.07, 6.45) is 1.46. The second kappa shape index (κ2) is 3.45. The van der Waals surface area contributed by atoms with Gasteiger partial charge in [-0.15, -0.1) is 0 Å². The van der Waals surface area contributed by atoms with Crippen LogP contribution in [0.5, 0.6) is 11.5 Å². The Morgan fingerprint density at radius 1 is 1.38 bits per heavy atom. The lowest BCUT2D eigenvalue weighted by Crippen LogP contribution is -2.16. The topological polar surface area (TPSA) is 93.4 Å². The number of hydrogen-bond donors (Lipinski definition) is 3. The van der Waals surface area contributed by atoms with Crippen molar-refractivity contribution in [1.82, 2.24) is 5.32 Å². The number of amides is 1. The maximum atomic E-state index is 11.0. The summed E-state index contributed by atoms with van der Waals surface area (Å²) in [6.45, 7) is 0. The van der Waals surface area contributed by atoms with Gasteiger partial charge in [0.25, 0.3) is 5.91 Å². The molecule has 66 valence electrons. The lowest BCUT2D eigenvalue weighted by molar-refractivity contribution is 0.0972. The summed E-state index contributed by atoms with van der Waals surface area (Å²) >= 11 is 0. The summed E-state index contributed by atoms with van der Waals surface area (Å²) in [5.74, 6) is -1.34. The highest BCUT2D eigenvalue weighted by Crippen LogP contribution is 2.24. The van der Waals surface area contributed by atoms with Crippen LogP contribution in [-0.4, -0.2) is 16.1 Å². The molecule has 13 heavy (non-hydrogen) atoms. The third-order valence-corrected chi connectivity index (χ3v) is 1.41. The first-order valence-electron chi connectivity index (χ1n) is 3.36. The van der Waals surface area contributed by atoms with E-state index in [9.17, 15) is 4.79 Å². The number of rotatable bonds is 1. The Labute approximate surface area is 73.9 Å². The molecule has 1 aromatic carbocycles. The van der Waals surface area contributed by atoms with Gasteiger partial charge in [0.05, 0.1) is 0 Å². The van der Waals surface area contributed by atoms with Gasteiger partial charge >= 0.3 is 0 Å². The summed E-state index contributed by atoms with van der Waals surface area (Å²) in [5.41, 5.74) is 0.108. The van der Waals surface area contributed by atoms with Gasteiger partial charge in [-0.1, -0.05) is 0 Å². The maximum absolute atomic E-state index is 11.0. The van der Waals surface area contributed by atoms with E-state index < -0.39 is 11.7 Å². The number of nitriles is 1. The molecule has 0 saturated carbocycles. The zero-order chi connectivity index (χ0) is 9.84. The number of aromatic hydroxyl groups is 2. The zero-order valence-corrected chi connectivity index (χ0v) is 6.48. The second-order valence-corrected chi connectivity index (χ2v) is 2.27. The fraction of sp³-hybridized carbons (Fsp3) is 0. The molecule has 0 saturated heterocycles. The van der Waals surface area contributed by atoms with Crippen molar-refractivity contribution in [1.29, 1.82) is 5.26 Å². The minimum absolute atomic E-state index is 0.108. The molecule has 0 aliphatic carbocycles. The molecule has 0 bridgehead atoms. The fourth-order valence-corrected chi connectivity index (χ4v) is 0.788. The molecule has 0 fully saturated rings. The highest BCUT2D eigenvalue weighted by Gasteiger charge is 2.07. The van der Waals surface area contributed by atoms with Crippen LogP contribution in [0.2, 0.25) is 0 Å². The number of phenolic OH excluding ortho intramolecular Hbond substituents is 2. The van der Waals surface area contributed by atoms with Crippen molar-refractivity contribution in [2.75, 3.05) is 0 Å². The average molecular weight is 178 g/mol. The number of benzene rings is 1. The smallest absolute Gasteiger partial charge is 0.264 e. The SMILES string of the molecule is N#CNC(=O)c1ccc(O)c(O)c1. The third kappa shape index (κ3) is 1.87.